The number of fused-ring (bicyclic) bond motifs is 1. The van der Waals surface area contributed by atoms with Gasteiger partial charge in [-0.05, 0) is 18.2 Å². The van der Waals surface area contributed by atoms with Crippen molar-refractivity contribution in [3.05, 3.63) is 55.0 Å². The summed E-state index contributed by atoms with van der Waals surface area (Å²) in [4.78, 5) is 26.9. The number of nitrogens with zero attached hydrogens (tertiary/aromatic N) is 5. The van der Waals surface area contributed by atoms with Crippen molar-refractivity contribution in [2.45, 2.75) is 18.9 Å². The van der Waals surface area contributed by atoms with Crippen LogP contribution >= 0.6 is 0 Å². The van der Waals surface area contributed by atoms with E-state index in [9.17, 15) is 26.3 Å². The van der Waals surface area contributed by atoms with Crippen LogP contribution in [0.3, 0.4) is 0 Å². The third-order valence-corrected chi connectivity index (χ3v) is 5.05. The number of benzene rings is 1. The molecule has 1 saturated heterocycles. The summed E-state index contributed by atoms with van der Waals surface area (Å²) in [5.41, 5.74) is 2.45. The maximum absolute atomic E-state index is 10.6. The van der Waals surface area contributed by atoms with Gasteiger partial charge in [-0.25, -0.2) is 9.59 Å². The van der Waals surface area contributed by atoms with Gasteiger partial charge < -0.3 is 15.1 Å². The van der Waals surface area contributed by atoms with Crippen LogP contribution in [0.5, 0.6) is 0 Å². The first-order valence-electron chi connectivity index (χ1n) is 10.7. The molecule has 15 heteroatoms. The van der Waals surface area contributed by atoms with Crippen molar-refractivity contribution in [1.29, 1.82) is 0 Å². The van der Waals surface area contributed by atoms with Gasteiger partial charge in [0.25, 0.3) is 0 Å². The van der Waals surface area contributed by atoms with Crippen LogP contribution in [0.25, 0.3) is 10.9 Å². The number of alkyl halides is 6. The third-order valence-electron chi connectivity index (χ3n) is 5.05. The summed E-state index contributed by atoms with van der Waals surface area (Å²) in [5.74, 6) is -5.51. The standard InChI is InChI=1S/C18H21N5.2C2HF3O2/c1-2-6-18-16(4-1)14-20-23(18)13-10-21-8-11-22(12-9-21)17-5-3-7-19-15-17;2*3-2(4,5)1(6)7/h1-7,14-15H,8-13H2;2*(H,6,7). The Morgan fingerprint density at radius 2 is 1.38 bits per heavy atom. The molecule has 0 saturated carbocycles. The van der Waals surface area contributed by atoms with Crippen LogP contribution in [0.4, 0.5) is 32.0 Å². The summed E-state index contributed by atoms with van der Waals surface area (Å²) in [5, 5.41) is 20.0. The van der Waals surface area contributed by atoms with Crippen molar-refractivity contribution in [3.63, 3.8) is 0 Å². The molecule has 37 heavy (non-hydrogen) atoms. The van der Waals surface area contributed by atoms with E-state index in [1.165, 1.54) is 16.6 Å². The van der Waals surface area contributed by atoms with Crippen LogP contribution in [0.1, 0.15) is 0 Å². The highest BCUT2D eigenvalue weighted by Gasteiger charge is 2.38. The first kappa shape index (κ1) is 29.4. The van der Waals surface area contributed by atoms with E-state index in [0.717, 1.165) is 39.3 Å². The smallest absolute Gasteiger partial charge is 0.475 e. The Hall–Kier alpha value is -3.88. The van der Waals surface area contributed by atoms with E-state index in [2.05, 4.69) is 54.9 Å². The van der Waals surface area contributed by atoms with E-state index in [0.29, 0.717) is 0 Å². The Kier molecular flexibility index (Phi) is 10.2. The lowest BCUT2D eigenvalue weighted by Crippen LogP contribution is -2.47. The number of halogens is 6. The molecular formula is C22H23F6N5O4. The van der Waals surface area contributed by atoms with E-state index in [4.69, 9.17) is 19.8 Å². The van der Waals surface area contributed by atoms with Gasteiger partial charge in [0.15, 0.2) is 0 Å². The zero-order chi connectivity index (χ0) is 27.6. The molecule has 3 heterocycles. The number of hydrogen-bond donors (Lipinski definition) is 2. The Morgan fingerprint density at radius 3 is 1.89 bits per heavy atom. The summed E-state index contributed by atoms with van der Waals surface area (Å²) in [7, 11) is 0. The average molecular weight is 535 g/mol. The Labute approximate surface area is 206 Å². The molecule has 0 radical (unpaired) electrons. The molecule has 0 spiro atoms. The number of rotatable bonds is 4. The Bertz CT molecular complexity index is 1120. The maximum Gasteiger partial charge on any atom is 0.490 e. The second-order valence-electron chi connectivity index (χ2n) is 7.57. The van der Waals surface area contributed by atoms with Gasteiger partial charge in [0.1, 0.15) is 0 Å². The summed E-state index contributed by atoms with van der Waals surface area (Å²) in [6, 6.07) is 12.5. The molecule has 9 nitrogen and oxygen atoms in total. The van der Waals surface area contributed by atoms with Gasteiger partial charge in [0, 0.05) is 44.3 Å². The number of hydrogen-bond acceptors (Lipinski definition) is 6. The van der Waals surface area contributed by atoms with Gasteiger partial charge in [0.05, 0.1) is 30.1 Å². The Balaban J connectivity index is 0.000000286. The average Bonchev–Trinajstić information content (AvgIpc) is 3.26. The van der Waals surface area contributed by atoms with Crippen LogP contribution in [0.15, 0.2) is 55.0 Å². The lowest BCUT2D eigenvalue weighted by molar-refractivity contribution is -0.193. The van der Waals surface area contributed by atoms with Gasteiger partial charge in [-0.1, -0.05) is 18.2 Å². The normalized spacial score (nSPS) is 14.3. The fraction of sp³-hybridized carbons (Fsp3) is 0.364. The number of aromatic nitrogens is 3. The fourth-order valence-corrected chi connectivity index (χ4v) is 3.21. The van der Waals surface area contributed by atoms with Crippen LogP contribution in [-0.2, 0) is 16.1 Å². The molecule has 0 aliphatic carbocycles. The molecule has 0 amide bonds. The minimum Gasteiger partial charge on any atom is -0.475 e. The quantitative estimate of drug-likeness (QED) is 0.489. The van der Waals surface area contributed by atoms with Gasteiger partial charge >= 0.3 is 24.3 Å². The fourth-order valence-electron chi connectivity index (χ4n) is 3.21. The molecule has 0 atom stereocenters. The molecule has 1 aliphatic heterocycles. The van der Waals surface area contributed by atoms with Crippen molar-refractivity contribution in [2.24, 2.45) is 0 Å². The van der Waals surface area contributed by atoms with Gasteiger partial charge in [-0.15, -0.1) is 0 Å². The molecule has 2 aromatic heterocycles. The van der Waals surface area contributed by atoms with E-state index in [1.54, 1.807) is 0 Å². The van der Waals surface area contributed by atoms with Crippen LogP contribution < -0.4 is 4.90 Å². The second kappa shape index (κ2) is 12.9. The minimum absolute atomic E-state index is 0.945. The van der Waals surface area contributed by atoms with Crippen molar-refractivity contribution < 1.29 is 46.1 Å². The molecule has 202 valence electrons. The van der Waals surface area contributed by atoms with Crippen molar-refractivity contribution >= 4 is 28.5 Å². The van der Waals surface area contributed by atoms with E-state index in [-0.39, 0.29) is 0 Å². The molecule has 2 N–H and O–H groups in total. The molecule has 1 aromatic carbocycles. The number of piperazine rings is 1. The van der Waals surface area contributed by atoms with Crippen LogP contribution in [-0.4, -0.2) is 86.9 Å². The van der Waals surface area contributed by atoms with Crippen LogP contribution in [0, 0.1) is 0 Å². The Morgan fingerprint density at radius 1 is 0.811 bits per heavy atom. The lowest BCUT2D eigenvalue weighted by Gasteiger charge is -2.35. The van der Waals surface area contributed by atoms with Crippen molar-refractivity contribution in [1.82, 2.24) is 19.7 Å². The number of anilines is 1. The van der Waals surface area contributed by atoms with E-state index in [1.807, 2.05) is 24.7 Å². The lowest BCUT2D eigenvalue weighted by atomic mass is 10.2. The summed E-state index contributed by atoms with van der Waals surface area (Å²) < 4.78 is 65.6. The monoisotopic (exact) mass is 535 g/mol. The van der Waals surface area contributed by atoms with E-state index >= 15 is 0 Å². The summed E-state index contributed by atoms with van der Waals surface area (Å²) in [6.45, 7) is 6.30. The second-order valence-corrected chi connectivity index (χ2v) is 7.57. The number of carboxylic acids is 2. The summed E-state index contributed by atoms with van der Waals surface area (Å²) >= 11 is 0. The molecule has 4 rings (SSSR count). The van der Waals surface area contributed by atoms with Gasteiger partial charge in [-0.3, -0.25) is 14.6 Å². The number of carboxylic acid groups (broad SMARTS) is 2. The molecule has 3 aromatic rings. The van der Waals surface area contributed by atoms with Crippen molar-refractivity contribution in [3.8, 4) is 0 Å². The molecule has 0 bridgehead atoms. The summed E-state index contributed by atoms with van der Waals surface area (Å²) in [6.07, 6.45) is -4.44. The molecule has 1 aliphatic rings. The highest BCUT2D eigenvalue weighted by atomic mass is 19.4. The molecule has 1 fully saturated rings. The molecule has 0 unspecified atom stereocenters. The zero-order valence-corrected chi connectivity index (χ0v) is 19.2. The molecular weight excluding hydrogens is 512 g/mol. The SMILES string of the molecule is O=C(O)C(F)(F)F.O=C(O)C(F)(F)F.c1cncc(N2CCN(CCn3ncc4ccccc43)CC2)c1. The largest absolute Gasteiger partial charge is 0.490 e. The minimum atomic E-state index is -5.08. The zero-order valence-electron chi connectivity index (χ0n) is 19.2. The number of aliphatic carboxylic acids is 2. The van der Waals surface area contributed by atoms with Crippen molar-refractivity contribution in [2.75, 3.05) is 37.6 Å². The first-order valence-corrected chi connectivity index (χ1v) is 10.7. The predicted octanol–water partition coefficient (Wildman–Crippen LogP) is 3.52. The highest BCUT2D eigenvalue weighted by molar-refractivity contribution is 5.78. The highest BCUT2D eigenvalue weighted by Crippen LogP contribution is 2.16. The topological polar surface area (TPSA) is 112 Å². The van der Waals surface area contributed by atoms with Gasteiger partial charge in [-0.2, -0.15) is 31.4 Å². The number of pyridine rings is 1. The van der Waals surface area contributed by atoms with Crippen LogP contribution in [0.2, 0.25) is 0 Å². The number of carbonyl (C=O) groups is 2. The van der Waals surface area contributed by atoms with Gasteiger partial charge in [0.2, 0.25) is 0 Å². The predicted molar refractivity (Wildman–Crippen MR) is 120 cm³/mol. The van der Waals surface area contributed by atoms with E-state index < -0.39 is 24.3 Å². The third kappa shape index (κ3) is 9.59. The number of para-hydroxylation sites is 1. The first-order chi connectivity index (χ1) is 17.3. The maximum atomic E-state index is 10.6.